The van der Waals surface area contributed by atoms with Crippen LogP contribution in [0.25, 0.3) is 0 Å². The maximum absolute atomic E-state index is 12.6. The van der Waals surface area contributed by atoms with Crippen LogP contribution >= 0.6 is 22.9 Å². The number of carbonyl (C=O) groups is 2. The third kappa shape index (κ3) is 1.97. The Morgan fingerprint density at radius 1 is 1.61 bits per heavy atom. The molecular formula is C11H10ClNO4S. The Morgan fingerprint density at radius 2 is 2.28 bits per heavy atom. The predicted molar refractivity (Wildman–Crippen MR) is 69.7 cm³/mol. The fourth-order valence-corrected chi connectivity index (χ4v) is 3.17. The highest BCUT2D eigenvalue weighted by atomic mass is 35.5. The van der Waals surface area contributed by atoms with Crippen molar-refractivity contribution in [2.24, 2.45) is 0 Å². The number of nitrogens with zero attached hydrogens (tertiary/aromatic N) is 1. The van der Waals surface area contributed by atoms with Gasteiger partial charge in [0.05, 0.1) is 16.4 Å². The third-order valence-electron chi connectivity index (χ3n) is 2.64. The highest BCUT2D eigenvalue weighted by Gasteiger charge is 2.38. The summed E-state index contributed by atoms with van der Waals surface area (Å²) < 4.78 is -0.626. The standard InChI is InChI=1S/C11H10ClNO4S/c1-2-3-13(17)5-7(11(15)16)9(14)6-4-8(12)18-10(6)13/h4-5H,2-3H2,1H3,(H,15,16). The first-order valence-electron chi connectivity index (χ1n) is 5.28. The van der Waals surface area contributed by atoms with Gasteiger partial charge < -0.3 is 10.3 Å². The maximum atomic E-state index is 12.6. The molecule has 96 valence electrons. The zero-order valence-corrected chi connectivity index (χ0v) is 11.0. The van der Waals surface area contributed by atoms with Gasteiger partial charge in [-0.3, -0.25) is 9.44 Å². The van der Waals surface area contributed by atoms with E-state index >= 15 is 0 Å². The van der Waals surface area contributed by atoms with E-state index in [1.54, 1.807) is 0 Å². The summed E-state index contributed by atoms with van der Waals surface area (Å²) in [7, 11) is 0. The minimum Gasteiger partial charge on any atom is -0.622 e. The molecule has 0 aromatic carbocycles. The largest absolute Gasteiger partial charge is 0.622 e. The Morgan fingerprint density at radius 3 is 2.83 bits per heavy atom. The van der Waals surface area contributed by atoms with Crippen LogP contribution in [0.2, 0.25) is 4.34 Å². The number of carbonyl (C=O) groups excluding carboxylic acids is 1. The zero-order chi connectivity index (χ0) is 13.5. The van der Waals surface area contributed by atoms with Gasteiger partial charge in [0.2, 0.25) is 10.8 Å². The lowest BCUT2D eigenvalue weighted by Gasteiger charge is -2.39. The maximum Gasteiger partial charge on any atom is 0.345 e. The van der Waals surface area contributed by atoms with Gasteiger partial charge in [-0.25, -0.2) is 4.79 Å². The van der Waals surface area contributed by atoms with E-state index in [4.69, 9.17) is 16.7 Å². The van der Waals surface area contributed by atoms with E-state index in [0.29, 0.717) is 10.8 Å². The predicted octanol–water partition coefficient (Wildman–Crippen LogP) is 2.78. The molecule has 1 atom stereocenters. The zero-order valence-electron chi connectivity index (χ0n) is 9.47. The third-order valence-corrected chi connectivity index (χ3v) is 4.01. The first-order chi connectivity index (χ1) is 8.39. The molecule has 18 heavy (non-hydrogen) atoms. The van der Waals surface area contributed by atoms with Crippen molar-refractivity contribution < 1.29 is 14.7 Å². The van der Waals surface area contributed by atoms with E-state index in [2.05, 4.69) is 0 Å². The molecule has 0 saturated carbocycles. The molecule has 0 amide bonds. The van der Waals surface area contributed by atoms with Crippen LogP contribution in [0.5, 0.6) is 0 Å². The first kappa shape index (κ1) is 13.2. The van der Waals surface area contributed by atoms with Crippen LogP contribution in [-0.4, -0.2) is 23.4 Å². The van der Waals surface area contributed by atoms with Gasteiger partial charge in [-0.2, -0.15) is 0 Å². The lowest BCUT2D eigenvalue weighted by molar-refractivity contribution is -0.132. The van der Waals surface area contributed by atoms with E-state index in [9.17, 15) is 14.8 Å². The Bertz CT molecular complexity index is 565. The number of carboxylic acids is 1. The van der Waals surface area contributed by atoms with Crippen molar-refractivity contribution in [3.63, 3.8) is 0 Å². The number of thiophene rings is 1. The fraction of sp³-hybridized carbons (Fsp3) is 0.273. The summed E-state index contributed by atoms with van der Waals surface area (Å²) in [6.07, 6.45) is 1.53. The topological polar surface area (TPSA) is 77.4 Å². The molecule has 0 saturated heterocycles. The normalized spacial score (nSPS) is 22.6. The number of Topliss-reactive ketones (excluding diaryl/α,β-unsaturated/α-hetero) is 1. The number of hydroxylamine groups is 2. The summed E-state index contributed by atoms with van der Waals surface area (Å²) in [5, 5.41) is 21.9. The smallest absolute Gasteiger partial charge is 0.345 e. The molecule has 1 aliphatic rings. The average molecular weight is 288 g/mol. The highest BCUT2D eigenvalue weighted by molar-refractivity contribution is 7.20. The molecule has 1 unspecified atom stereocenters. The van der Waals surface area contributed by atoms with E-state index in [1.807, 2.05) is 6.92 Å². The minimum atomic E-state index is -1.39. The number of rotatable bonds is 3. The number of ketones is 1. The van der Waals surface area contributed by atoms with Gasteiger partial charge in [0.25, 0.3) is 0 Å². The molecular weight excluding hydrogens is 278 g/mol. The van der Waals surface area contributed by atoms with Crippen molar-refractivity contribution in [2.75, 3.05) is 6.54 Å². The van der Waals surface area contributed by atoms with E-state index < -0.39 is 22.0 Å². The molecule has 2 heterocycles. The van der Waals surface area contributed by atoms with Crippen LogP contribution in [0, 0.1) is 5.21 Å². The van der Waals surface area contributed by atoms with Crippen LogP contribution in [0.4, 0.5) is 5.00 Å². The van der Waals surface area contributed by atoms with Crippen molar-refractivity contribution in [3.8, 4) is 0 Å². The molecule has 7 heteroatoms. The van der Waals surface area contributed by atoms with E-state index in [1.165, 1.54) is 6.07 Å². The van der Waals surface area contributed by atoms with Crippen LogP contribution < -0.4 is 4.65 Å². The molecule has 0 aliphatic carbocycles. The Hall–Kier alpha value is -1.21. The van der Waals surface area contributed by atoms with Crippen molar-refractivity contribution in [1.29, 1.82) is 0 Å². The summed E-state index contributed by atoms with van der Waals surface area (Å²) in [4.78, 5) is 22.9. The monoisotopic (exact) mass is 287 g/mol. The fourth-order valence-electron chi connectivity index (χ4n) is 1.92. The first-order valence-corrected chi connectivity index (χ1v) is 6.48. The number of hydrogen-bond acceptors (Lipinski definition) is 4. The van der Waals surface area contributed by atoms with Crippen LogP contribution in [-0.2, 0) is 4.79 Å². The summed E-state index contributed by atoms with van der Waals surface area (Å²) in [5.74, 6) is -2.04. The second-order valence-corrected chi connectivity index (χ2v) is 5.63. The molecule has 2 rings (SSSR count). The van der Waals surface area contributed by atoms with Gasteiger partial charge in [-0.05, 0) is 12.5 Å². The van der Waals surface area contributed by atoms with Crippen molar-refractivity contribution in [1.82, 2.24) is 4.65 Å². The molecule has 0 radical (unpaired) electrons. The lowest BCUT2D eigenvalue weighted by Crippen LogP contribution is -2.42. The molecule has 1 aromatic heterocycles. The van der Waals surface area contributed by atoms with Gasteiger partial charge in [0.1, 0.15) is 6.20 Å². The molecule has 0 spiro atoms. The molecule has 0 fully saturated rings. The second kappa shape index (κ2) is 4.47. The summed E-state index contributed by atoms with van der Waals surface area (Å²) in [5.41, 5.74) is -0.381. The second-order valence-electron chi connectivity index (χ2n) is 3.97. The number of carboxylic acid groups (broad SMARTS) is 1. The number of fused-ring (bicyclic) bond motifs is 1. The molecule has 1 aromatic rings. The average Bonchev–Trinajstić information content (AvgIpc) is 2.67. The Kier molecular flexibility index (Phi) is 3.29. The number of aliphatic carboxylic acids is 1. The van der Waals surface area contributed by atoms with Crippen molar-refractivity contribution >= 4 is 39.7 Å². The number of quaternary nitrogens is 1. The van der Waals surface area contributed by atoms with E-state index in [0.717, 1.165) is 17.5 Å². The molecule has 5 nitrogen and oxygen atoms in total. The minimum absolute atomic E-state index is 0.105. The van der Waals surface area contributed by atoms with Gasteiger partial charge in [0, 0.05) is 0 Å². The lowest BCUT2D eigenvalue weighted by atomic mass is 10.0. The van der Waals surface area contributed by atoms with Crippen LogP contribution in [0.15, 0.2) is 17.8 Å². The number of hydrogen-bond donors (Lipinski definition) is 1. The number of halogens is 1. The quantitative estimate of drug-likeness (QED) is 0.527. The molecule has 0 bridgehead atoms. The van der Waals surface area contributed by atoms with Crippen LogP contribution in [0.1, 0.15) is 23.7 Å². The SMILES string of the molecule is CCC[N+]1([O-])C=C(C(=O)O)C(=O)c2cc(Cl)sc21. The highest BCUT2D eigenvalue weighted by Crippen LogP contribution is 2.43. The summed E-state index contributed by atoms with van der Waals surface area (Å²) in [6, 6.07) is 1.36. The molecule has 1 aliphatic heterocycles. The molecule has 1 N–H and O–H groups in total. The van der Waals surface area contributed by atoms with Gasteiger partial charge >= 0.3 is 5.97 Å². The summed E-state index contributed by atoms with van der Waals surface area (Å²) >= 11 is 6.84. The van der Waals surface area contributed by atoms with Crippen molar-refractivity contribution in [3.05, 3.63) is 32.9 Å². The van der Waals surface area contributed by atoms with E-state index in [-0.39, 0.29) is 17.1 Å². The summed E-state index contributed by atoms with van der Waals surface area (Å²) in [6.45, 7) is 1.99. The van der Waals surface area contributed by atoms with Gasteiger partial charge in [-0.1, -0.05) is 29.9 Å². The van der Waals surface area contributed by atoms with Gasteiger partial charge in [-0.15, -0.1) is 0 Å². The van der Waals surface area contributed by atoms with Gasteiger partial charge in [0.15, 0.2) is 5.57 Å². The Balaban J connectivity index is 2.64. The van der Waals surface area contributed by atoms with Crippen molar-refractivity contribution in [2.45, 2.75) is 13.3 Å². The van der Waals surface area contributed by atoms with Crippen LogP contribution in [0.3, 0.4) is 0 Å². The Labute approximate surface area is 112 Å².